The topological polar surface area (TPSA) is 64.9 Å². The van der Waals surface area contributed by atoms with E-state index in [0.717, 1.165) is 11.7 Å². The van der Waals surface area contributed by atoms with Gasteiger partial charge in [-0.1, -0.05) is 24.9 Å². The molecule has 1 heterocycles. The molecule has 0 bridgehead atoms. The van der Waals surface area contributed by atoms with Gasteiger partial charge in [-0.3, -0.25) is 0 Å². The zero-order valence-electron chi connectivity index (χ0n) is 12.8. The van der Waals surface area contributed by atoms with Crippen LogP contribution in [0.4, 0.5) is 0 Å². The summed E-state index contributed by atoms with van der Waals surface area (Å²) in [6.45, 7) is 4.30. The molecule has 0 radical (unpaired) electrons. The lowest BCUT2D eigenvalue weighted by Crippen LogP contribution is -2.35. The minimum atomic E-state index is -0.426. The fraction of sp³-hybridized carbons (Fsp3) is 0.875. The van der Waals surface area contributed by atoms with Crippen molar-refractivity contribution in [3.05, 3.63) is 11.7 Å². The van der Waals surface area contributed by atoms with Gasteiger partial charge in [-0.05, 0) is 57.3 Å². The number of nitrogens with zero attached hydrogens (tertiary/aromatic N) is 2. The van der Waals surface area contributed by atoms with Gasteiger partial charge in [-0.15, -0.1) is 0 Å². The van der Waals surface area contributed by atoms with E-state index in [1.165, 1.54) is 51.4 Å². The van der Waals surface area contributed by atoms with E-state index < -0.39 is 5.54 Å². The van der Waals surface area contributed by atoms with E-state index in [2.05, 4.69) is 17.1 Å². The lowest BCUT2D eigenvalue weighted by molar-refractivity contribution is 0.267. The molecule has 1 aromatic heterocycles. The second-order valence-corrected chi connectivity index (χ2v) is 7.02. The van der Waals surface area contributed by atoms with Crippen LogP contribution in [0.1, 0.15) is 82.8 Å². The minimum absolute atomic E-state index is 0.426. The highest BCUT2D eigenvalue weighted by molar-refractivity contribution is 5.09. The highest BCUT2D eigenvalue weighted by atomic mass is 16.5. The number of aromatic nitrogens is 2. The Morgan fingerprint density at radius 3 is 2.50 bits per heavy atom. The van der Waals surface area contributed by atoms with E-state index >= 15 is 0 Å². The van der Waals surface area contributed by atoms with Crippen LogP contribution in [0.3, 0.4) is 0 Å². The van der Waals surface area contributed by atoms with E-state index in [9.17, 15) is 0 Å². The van der Waals surface area contributed by atoms with Gasteiger partial charge in [0.25, 0.3) is 0 Å². The van der Waals surface area contributed by atoms with Crippen molar-refractivity contribution in [2.24, 2.45) is 17.6 Å². The van der Waals surface area contributed by atoms with E-state index in [1.807, 2.05) is 6.92 Å². The molecule has 1 atom stereocenters. The van der Waals surface area contributed by atoms with Crippen molar-refractivity contribution in [1.82, 2.24) is 10.1 Å². The largest absolute Gasteiger partial charge is 0.337 e. The first-order chi connectivity index (χ1) is 9.61. The first-order valence-corrected chi connectivity index (χ1v) is 8.24. The first-order valence-electron chi connectivity index (χ1n) is 8.24. The zero-order chi connectivity index (χ0) is 14.2. The van der Waals surface area contributed by atoms with Crippen molar-refractivity contribution in [1.29, 1.82) is 0 Å². The predicted molar refractivity (Wildman–Crippen MR) is 78.2 cm³/mol. The average molecular weight is 277 g/mol. The molecule has 1 aromatic rings. The SMILES string of the molecule is CCCC1CCC(c2noc(C(C)(N)C3CC3)n2)CC1. The highest BCUT2D eigenvalue weighted by Crippen LogP contribution is 2.44. The molecular formula is C16H27N3O. The Morgan fingerprint density at radius 1 is 1.20 bits per heavy atom. The van der Waals surface area contributed by atoms with Crippen LogP contribution in [-0.2, 0) is 5.54 Å². The second kappa shape index (κ2) is 5.47. The van der Waals surface area contributed by atoms with Crippen LogP contribution >= 0.6 is 0 Å². The first kappa shape index (κ1) is 14.1. The van der Waals surface area contributed by atoms with Gasteiger partial charge in [0.2, 0.25) is 5.89 Å². The molecule has 0 saturated heterocycles. The standard InChI is InChI=1S/C16H27N3O/c1-3-4-11-5-7-12(8-6-11)14-18-15(20-19-14)16(2,17)13-9-10-13/h11-13H,3-10,17H2,1-2H3. The molecule has 2 aliphatic rings. The summed E-state index contributed by atoms with van der Waals surface area (Å²) in [6.07, 6.45) is 10.1. The zero-order valence-corrected chi connectivity index (χ0v) is 12.8. The van der Waals surface area contributed by atoms with Crippen LogP contribution < -0.4 is 5.73 Å². The normalized spacial score (nSPS) is 30.1. The maximum Gasteiger partial charge on any atom is 0.246 e. The smallest absolute Gasteiger partial charge is 0.246 e. The third-order valence-electron chi connectivity index (χ3n) is 5.24. The molecule has 2 N–H and O–H groups in total. The number of hydrogen-bond donors (Lipinski definition) is 1. The van der Waals surface area contributed by atoms with Crippen molar-refractivity contribution >= 4 is 0 Å². The minimum Gasteiger partial charge on any atom is -0.337 e. The lowest BCUT2D eigenvalue weighted by Gasteiger charge is -2.26. The highest BCUT2D eigenvalue weighted by Gasteiger charge is 2.44. The van der Waals surface area contributed by atoms with Gasteiger partial charge in [0, 0.05) is 5.92 Å². The molecule has 2 saturated carbocycles. The number of nitrogens with two attached hydrogens (primary N) is 1. The van der Waals surface area contributed by atoms with Crippen LogP contribution in [0.25, 0.3) is 0 Å². The molecule has 4 nitrogen and oxygen atoms in total. The molecule has 0 amide bonds. The Bertz CT molecular complexity index is 442. The third-order valence-corrected chi connectivity index (χ3v) is 5.24. The molecule has 2 fully saturated rings. The average Bonchev–Trinajstić information content (AvgIpc) is 3.18. The van der Waals surface area contributed by atoms with Crippen molar-refractivity contribution < 1.29 is 4.52 Å². The van der Waals surface area contributed by atoms with Crippen molar-refractivity contribution in [2.75, 3.05) is 0 Å². The van der Waals surface area contributed by atoms with Gasteiger partial charge in [-0.2, -0.15) is 4.98 Å². The summed E-state index contributed by atoms with van der Waals surface area (Å²) < 4.78 is 5.47. The van der Waals surface area contributed by atoms with Crippen molar-refractivity contribution in [2.45, 2.75) is 76.7 Å². The Hall–Kier alpha value is -0.900. The molecule has 4 heteroatoms. The Morgan fingerprint density at radius 2 is 1.90 bits per heavy atom. The molecule has 2 aliphatic carbocycles. The van der Waals surface area contributed by atoms with Gasteiger partial charge in [-0.25, -0.2) is 0 Å². The van der Waals surface area contributed by atoms with Gasteiger partial charge in [0.15, 0.2) is 5.82 Å². The number of rotatable bonds is 5. The molecular weight excluding hydrogens is 250 g/mol. The summed E-state index contributed by atoms with van der Waals surface area (Å²) in [6, 6.07) is 0. The van der Waals surface area contributed by atoms with Crippen LogP contribution in [0.15, 0.2) is 4.52 Å². The molecule has 0 spiro atoms. The van der Waals surface area contributed by atoms with Crippen LogP contribution in [-0.4, -0.2) is 10.1 Å². The Labute approximate surface area is 121 Å². The van der Waals surface area contributed by atoms with E-state index in [1.54, 1.807) is 0 Å². The van der Waals surface area contributed by atoms with Crippen LogP contribution in [0.2, 0.25) is 0 Å². The maximum atomic E-state index is 6.35. The summed E-state index contributed by atoms with van der Waals surface area (Å²) >= 11 is 0. The lowest BCUT2D eigenvalue weighted by atomic mass is 9.80. The molecule has 3 rings (SSSR count). The monoisotopic (exact) mass is 277 g/mol. The molecule has 0 aromatic carbocycles. The van der Waals surface area contributed by atoms with Crippen LogP contribution in [0, 0.1) is 11.8 Å². The summed E-state index contributed by atoms with van der Waals surface area (Å²) in [5.74, 6) is 3.46. The Balaban J connectivity index is 1.63. The van der Waals surface area contributed by atoms with Crippen molar-refractivity contribution in [3.8, 4) is 0 Å². The molecule has 112 valence electrons. The van der Waals surface area contributed by atoms with Gasteiger partial charge in [0.05, 0.1) is 5.54 Å². The van der Waals surface area contributed by atoms with Gasteiger partial charge < -0.3 is 10.3 Å². The fourth-order valence-corrected chi connectivity index (χ4v) is 3.59. The Kier molecular flexibility index (Phi) is 3.85. The maximum absolute atomic E-state index is 6.35. The summed E-state index contributed by atoms with van der Waals surface area (Å²) in [5.41, 5.74) is 5.93. The van der Waals surface area contributed by atoms with Crippen LogP contribution in [0.5, 0.6) is 0 Å². The van der Waals surface area contributed by atoms with Gasteiger partial charge in [0.1, 0.15) is 0 Å². The van der Waals surface area contributed by atoms with E-state index in [-0.39, 0.29) is 0 Å². The molecule has 20 heavy (non-hydrogen) atoms. The van der Waals surface area contributed by atoms with E-state index in [0.29, 0.717) is 17.7 Å². The molecule has 0 aliphatic heterocycles. The fourth-order valence-electron chi connectivity index (χ4n) is 3.59. The van der Waals surface area contributed by atoms with Crippen molar-refractivity contribution in [3.63, 3.8) is 0 Å². The summed E-state index contributed by atoms with van der Waals surface area (Å²) in [4.78, 5) is 4.64. The predicted octanol–water partition coefficient (Wildman–Crippen LogP) is 3.73. The molecule has 1 unspecified atom stereocenters. The second-order valence-electron chi connectivity index (χ2n) is 7.02. The van der Waals surface area contributed by atoms with E-state index in [4.69, 9.17) is 10.3 Å². The summed E-state index contributed by atoms with van der Waals surface area (Å²) in [7, 11) is 0. The summed E-state index contributed by atoms with van der Waals surface area (Å²) in [5, 5.41) is 4.22. The quantitative estimate of drug-likeness (QED) is 0.890. The number of hydrogen-bond acceptors (Lipinski definition) is 4. The third kappa shape index (κ3) is 2.76. The van der Waals surface area contributed by atoms with Gasteiger partial charge >= 0.3 is 0 Å².